The van der Waals surface area contributed by atoms with Crippen molar-refractivity contribution in [3.05, 3.63) is 59.9 Å². The van der Waals surface area contributed by atoms with Crippen LogP contribution in [0.4, 0.5) is 14.9 Å². The molecular formula is C19H23FN2O2. The zero-order valence-electron chi connectivity index (χ0n) is 14.2. The van der Waals surface area contributed by atoms with E-state index in [1.165, 1.54) is 12.1 Å². The Labute approximate surface area is 142 Å². The molecule has 0 aromatic heterocycles. The lowest BCUT2D eigenvalue weighted by molar-refractivity contribution is 0.247. The maximum absolute atomic E-state index is 13.0. The van der Waals surface area contributed by atoms with Gasteiger partial charge in [0.1, 0.15) is 18.2 Å². The van der Waals surface area contributed by atoms with E-state index >= 15 is 0 Å². The van der Waals surface area contributed by atoms with Crippen molar-refractivity contribution < 1.29 is 13.9 Å². The maximum atomic E-state index is 13.0. The van der Waals surface area contributed by atoms with E-state index in [1.54, 1.807) is 12.1 Å². The molecular weight excluding hydrogens is 307 g/mol. The van der Waals surface area contributed by atoms with Crippen molar-refractivity contribution >= 4 is 11.7 Å². The van der Waals surface area contributed by atoms with E-state index in [1.807, 2.05) is 24.3 Å². The van der Waals surface area contributed by atoms with E-state index < -0.39 is 0 Å². The molecule has 2 aromatic carbocycles. The third-order valence-corrected chi connectivity index (χ3v) is 3.44. The highest BCUT2D eigenvalue weighted by molar-refractivity contribution is 5.90. The summed E-state index contributed by atoms with van der Waals surface area (Å²) in [7, 11) is 0. The summed E-state index contributed by atoms with van der Waals surface area (Å²) in [6.07, 6.45) is 0. The van der Waals surface area contributed by atoms with Crippen molar-refractivity contribution in [2.75, 3.05) is 18.5 Å². The van der Waals surface area contributed by atoms with Gasteiger partial charge in [-0.15, -0.1) is 0 Å². The van der Waals surface area contributed by atoms with Gasteiger partial charge in [-0.2, -0.15) is 0 Å². The first kappa shape index (κ1) is 17.8. The Morgan fingerprint density at radius 2 is 1.88 bits per heavy atom. The lowest BCUT2D eigenvalue weighted by Crippen LogP contribution is -2.33. The Morgan fingerprint density at radius 1 is 1.12 bits per heavy atom. The van der Waals surface area contributed by atoms with Gasteiger partial charge in [0.05, 0.1) is 6.54 Å². The van der Waals surface area contributed by atoms with Gasteiger partial charge in [-0.25, -0.2) is 9.18 Å². The van der Waals surface area contributed by atoms with Crippen LogP contribution in [0.1, 0.15) is 26.3 Å². The number of amides is 2. The molecule has 0 bridgehead atoms. The smallest absolute Gasteiger partial charge is 0.319 e. The Bertz CT molecular complexity index is 696. The van der Waals surface area contributed by atoms with Crippen molar-refractivity contribution in [3.8, 4) is 5.75 Å². The highest BCUT2D eigenvalue weighted by atomic mass is 19.1. The monoisotopic (exact) mass is 330 g/mol. The Balaban J connectivity index is 1.82. The predicted molar refractivity (Wildman–Crippen MR) is 94.1 cm³/mol. The molecule has 2 aromatic rings. The second-order valence-electron chi connectivity index (χ2n) is 6.48. The normalized spacial score (nSPS) is 11.0. The quantitative estimate of drug-likeness (QED) is 0.802. The average Bonchev–Trinajstić information content (AvgIpc) is 2.51. The number of benzene rings is 2. The topological polar surface area (TPSA) is 50.4 Å². The largest absolute Gasteiger partial charge is 0.492 e. The van der Waals surface area contributed by atoms with Gasteiger partial charge in [-0.1, -0.05) is 45.0 Å². The molecule has 5 heteroatoms. The number of nitrogens with one attached hydrogen (secondary N) is 2. The molecule has 2 N–H and O–H groups in total. The van der Waals surface area contributed by atoms with Crippen LogP contribution in [0.5, 0.6) is 5.75 Å². The molecule has 0 saturated heterocycles. The van der Waals surface area contributed by atoms with Crippen LogP contribution in [0, 0.1) is 5.82 Å². The van der Waals surface area contributed by atoms with Crippen molar-refractivity contribution in [2.24, 2.45) is 0 Å². The summed E-state index contributed by atoms with van der Waals surface area (Å²) in [5.41, 5.74) is 1.79. The maximum Gasteiger partial charge on any atom is 0.319 e. The number of hydrogen-bond donors (Lipinski definition) is 2. The van der Waals surface area contributed by atoms with Crippen molar-refractivity contribution in [3.63, 3.8) is 0 Å². The molecule has 0 heterocycles. The zero-order valence-corrected chi connectivity index (χ0v) is 14.2. The highest BCUT2D eigenvalue weighted by Gasteiger charge is 2.18. The summed E-state index contributed by atoms with van der Waals surface area (Å²) in [6, 6.07) is 13.3. The van der Waals surface area contributed by atoms with Crippen LogP contribution in [0.15, 0.2) is 48.5 Å². The second kappa shape index (κ2) is 7.81. The highest BCUT2D eigenvalue weighted by Crippen LogP contribution is 2.29. The number of carbonyl (C=O) groups excluding carboxylic acids is 1. The number of halogens is 1. The second-order valence-corrected chi connectivity index (χ2v) is 6.48. The van der Waals surface area contributed by atoms with E-state index in [9.17, 15) is 9.18 Å². The Hall–Kier alpha value is -2.56. The number of carbonyl (C=O) groups is 1. The molecule has 0 aliphatic rings. The number of para-hydroxylation sites is 1. The molecule has 0 unspecified atom stereocenters. The number of ether oxygens (including phenoxy) is 1. The fourth-order valence-electron chi connectivity index (χ4n) is 2.30. The molecule has 0 radical (unpaired) electrons. The molecule has 24 heavy (non-hydrogen) atoms. The molecule has 0 saturated carbocycles. The van der Waals surface area contributed by atoms with Gasteiger partial charge in [0.25, 0.3) is 0 Å². The third kappa shape index (κ3) is 5.26. The van der Waals surface area contributed by atoms with Crippen LogP contribution >= 0.6 is 0 Å². The minimum absolute atomic E-state index is 0.0651. The fourth-order valence-corrected chi connectivity index (χ4v) is 2.30. The van der Waals surface area contributed by atoms with Gasteiger partial charge in [0, 0.05) is 11.8 Å². The molecule has 2 amide bonds. The average molecular weight is 330 g/mol. The van der Waals surface area contributed by atoms with Gasteiger partial charge in [-0.3, -0.25) is 0 Å². The van der Waals surface area contributed by atoms with Crippen molar-refractivity contribution in [2.45, 2.75) is 26.2 Å². The first-order chi connectivity index (χ1) is 11.4. The van der Waals surface area contributed by atoms with Gasteiger partial charge in [0.2, 0.25) is 0 Å². The predicted octanol–water partition coefficient (Wildman–Crippen LogP) is 4.32. The molecule has 0 spiro atoms. The summed E-state index contributed by atoms with van der Waals surface area (Å²) in [4.78, 5) is 12.0. The molecule has 2 rings (SSSR count). The lowest BCUT2D eigenvalue weighted by Gasteiger charge is -2.23. The summed E-state index contributed by atoms with van der Waals surface area (Å²) >= 11 is 0. The number of urea groups is 1. The van der Waals surface area contributed by atoms with Crippen LogP contribution < -0.4 is 15.4 Å². The molecule has 4 nitrogen and oxygen atoms in total. The van der Waals surface area contributed by atoms with E-state index in [4.69, 9.17) is 4.74 Å². The number of hydrogen-bond acceptors (Lipinski definition) is 2. The first-order valence-corrected chi connectivity index (χ1v) is 7.89. The van der Waals surface area contributed by atoms with E-state index in [0.29, 0.717) is 12.3 Å². The van der Waals surface area contributed by atoms with Gasteiger partial charge >= 0.3 is 6.03 Å². The van der Waals surface area contributed by atoms with Crippen molar-refractivity contribution in [1.82, 2.24) is 5.32 Å². The molecule has 0 fully saturated rings. The summed E-state index contributed by atoms with van der Waals surface area (Å²) in [5.74, 6) is 0.0901. The van der Waals surface area contributed by atoms with Gasteiger partial charge in [0.15, 0.2) is 0 Å². The van der Waals surface area contributed by atoms with Gasteiger partial charge in [-0.05, 0) is 29.2 Å². The third-order valence-electron chi connectivity index (χ3n) is 3.44. The van der Waals surface area contributed by atoms with Crippen LogP contribution in [0.25, 0.3) is 0 Å². The Morgan fingerprint density at radius 3 is 2.58 bits per heavy atom. The minimum Gasteiger partial charge on any atom is -0.492 e. The van der Waals surface area contributed by atoms with E-state index in [0.717, 1.165) is 11.3 Å². The van der Waals surface area contributed by atoms with Crippen LogP contribution in [0.3, 0.4) is 0 Å². The standard InChI is InChI=1S/C19H23FN2O2/c1-19(2,3)16-9-4-5-10-17(16)22-18(23)21-11-12-24-15-8-6-7-14(20)13-15/h4-10,13H,11-12H2,1-3H3,(H2,21,22,23). The molecule has 0 aliphatic heterocycles. The minimum atomic E-state index is -0.350. The molecule has 0 atom stereocenters. The SMILES string of the molecule is CC(C)(C)c1ccccc1NC(=O)NCCOc1cccc(F)c1. The van der Waals surface area contributed by atoms with Crippen molar-refractivity contribution in [1.29, 1.82) is 0 Å². The molecule has 128 valence electrons. The summed E-state index contributed by atoms with van der Waals surface area (Å²) < 4.78 is 18.4. The zero-order chi connectivity index (χ0) is 17.6. The first-order valence-electron chi connectivity index (χ1n) is 7.89. The van der Waals surface area contributed by atoms with Crippen LogP contribution in [-0.2, 0) is 5.41 Å². The Kier molecular flexibility index (Phi) is 5.79. The summed E-state index contributed by atoms with van der Waals surface area (Å²) in [5, 5.41) is 5.59. The van der Waals surface area contributed by atoms with E-state index in [-0.39, 0.29) is 23.9 Å². The van der Waals surface area contributed by atoms with E-state index in [2.05, 4.69) is 31.4 Å². The number of rotatable bonds is 5. The van der Waals surface area contributed by atoms with Crippen LogP contribution in [-0.4, -0.2) is 19.2 Å². The van der Waals surface area contributed by atoms with Gasteiger partial charge < -0.3 is 15.4 Å². The summed E-state index contributed by atoms with van der Waals surface area (Å²) in [6.45, 7) is 6.87. The number of anilines is 1. The van der Waals surface area contributed by atoms with Crippen LogP contribution in [0.2, 0.25) is 0 Å². The molecule has 0 aliphatic carbocycles. The fraction of sp³-hybridized carbons (Fsp3) is 0.316. The lowest BCUT2D eigenvalue weighted by atomic mass is 9.86.